The molecule has 0 saturated carbocycles. The highest BCUT2D eigenvalue weighted by Gasteiger charge is 2.14. The zero-order valence-corrected chi connectivity index (χ0v) is 10.6. The van der Waals surface area contributed by atoms with Crippen LogP contribution < -0.4 is 5.56 Å². The summed E-state index contributed by atoms with van der Waals surface area (Å²) in [4.78, 5) is 33.9. The second-order valence-electron chi connectivity index (χ2n) is 3.89. The fourth-order valence-electron chi connectivity index (χ4n) is 1.60. The number of carbonyl (C=O) groups excluding carboxylic acids is 1. The molecule has 2 aromatic rings. The van der Waals surface area contributed by atoms with Gasteiger partial charge >= 0.3 is 5.97 Å². The lowest BCUT2D eigenvalue weighted by atomic mass is 10.1. The van der Waals surface area contributed by atoms with Crippen molar-refractivity contribution in [1.29, 1.82) is 0 Å². The third kappa shape index (κ3) is 2.67. The zero-order valence-electron chi connectivity index (χ0n) is 10.6. The summed E-state index contributed by atoms with van der Waals surface area (Å²) >= 11 is 0. The third-order valence-electron chi connectivity index (χ3n) is 2.59. The van der Waals surface area contributed by atoms with Crippen LogP contribution in [0.25, 0.3) is 11.4 Å². The van der Waals surface area contributed by atoms with Gasteiger partial charge in [0.25, 0.3) is 5.56 Å². The van der Waals surface area contributed by atoms with E-state index in [4.69, 9.17) is 4.74 Å². The molecule has 0 bridgehead atoms. The molecule has 0 radical (unpaired) electrons. The van der Waals surface area contributed by atoms with Crippen LogP contribution in [0, 0.1) is 6.92 Å². The average molecular weight is 259 g/mol. The van der Waals surface area contributed by atoms with E-state index in [1.54, 1.807) is 19.3 Å². The molecule has 0 unspecified atom stereocenters. The molecule has 0 saturated heterocycles. The predicted octanol–water partition coefficient (Wildman–Crippen LogP) is 1.32. The number of esters is 1. The maximum absolute atomic E-state index is 11.8. The van der Waals surface area contributed by atoms with Crippen molar-refractivity contribution in [3.05, 3.63) is 46.1 Å². The van der Waals surface area contributed by atoms with Gasteiger partial charge in [0.1, 0.15) is 11.4 Å². The van der Waals surface area contributed by atoms with Gasteiger partial charge in [-0.25, -0.2) is 9.78 Å². The molecule has 0 aliphatic carbocycles. The standard InChI is InChI=1S/C13H13N3O3/c1-3-19-13(18)10-7-15-11(16-12(10)17)9-6-14-5-4-8(9)2/h4-7H,3H2,1-2H3,(H,15,16,17). The lowest BCUT2D eigenvalue weighted by Crippen LogP contribution is -2.21. The number of aryl methyl sites for hydroxylation is 1. The summed E-state index contributed by atoms with van der Waals surface area (Å²) in [5.74, 6) is -0.297. The van der Waals surface area contributed by atoms with Gasteiger partial charge < -0.3 is 9.72 Å². The van der Waals surface area contributed by atoms with E-state index in [0.29, 0.717) is 5.82 Å². The number of aromatic nitrogens is 3. The van der Waals surface area contributed by atoms with Crippen LogP contribution in [-0.2, 0) is 4.74 Å². The first-order valence-electron chi connectivity index (χ1n) is 5.81. The van der Waals surface area contributed by atoms with Crippen molar-refractivity contribution in [1.82, 2.24) is 15.0 Å². The smallest absolute Gasteiger partial charge is 0.345 e. The van der Waals surface area contributed by atoms with Crippen molar-refractivity contribution in [2.24, 2.45) is 0 Å². The van der Waals surface area contributed by atoms with Crippen LogP contribution in [0.3, 0.4) is 0 Å². The molecule has 19 heavy (non-hydrogen) atoms. The molecule has 0 aliphatic heterocycles. The second kappa shape index (κ2) is 5.43. The van der Waals surface area contributed by atoms with E-state index >= 15 is 0 Å². The number of H-pyrrole nitrogens is 1. The summed E-state index contributed by atoms with van der Waals surface area (Å²) in [7, 11) is 0. The van der Waals surface area contributed by atoms with E-state index in [-0.39, 0.29) is 12.2 Å². The Morgan fingerprint density at radius 1 is 1.42 bits per heavy atom. The number of hydrogen-bond acceptors (Lipinski definition) is 5. The molecule has 2 heterocycles. The lowest BCUT2D eigenvalue weighted by Gasteiger charge is -2.05. The molecule has 0 atom stereocenters. The molecule has 0 aliphatic rings. The highest BCUT2D eigenvalue weighted by atomic mass is 16.5. The Morgan fingerprint density at radius 2 is 2.21 bits per heavy atom. The van der Waals surface area contributed by atoms with Crippen molar-refractivity contribution < 1.29 is 9.53 Å². The number of pyridine rings is 1. The summed E-state index contributed by atoms with van der Waals surface area (Å²) in [6.45, 7) is 3.77. The molecular formula is C13H13N3O3. The van der Waals surface area contributed by atoms with Crippen molar-refractivity contribution in [3.63, 3.8) is 0 Å². The zero-order chi connectivity index (χ0) is 13.8. The third-order valence-corrected chi connectivity index (χ3v) is 2.59. The summed E-state index contributed by atoms with van der Waals surface area (Å²) in [5, 5.41) is 0. The molecule has 0 amide bonds. The molecule has 0 aromatic carbocycles. The summed E-state index contributed by atoms with van der Waals surface area (Å²) < 4.78 is 4.77. The number of nitrogens with zero attached hydrogens (tertiary/aromatic N) is 2. The predicted molar refractivity (Wildman–Crippen MR) is 68.8 cm³/mol. The largest absolute Gasteiger partial charge is 0.462 e. The highest BCUT2D eigenvalue weighted by molar-refractivity contribution is 5.88. The minimum absolute atomic E-state index is 0.104. The molecule has 0 spiro atoms. The normalized spacial score (nSPS) is 10.2. The first-order chi connectivity index (χ1) is 9.13. The second-order valence-corrected chi connectivity index (χ2v) is 3.89. The van der Waals surface area contributed by atoms with Gasteiger partial charge in [-0.05, 0) is 25.5 Å². The fraction of sp³-hybridized carbons (Fsp3) is 0.231. The van der Waals surface area contributed by atoms with E-state index in [1.807, 2.05) is 13.0 Å². The number of hydrogen-bond donors (Lipinski definition) is 1. The Balaban J connectivity index is 2.43. The maximum atomic E-state index is 11.8. The summed E-state index contributed by atoms with van der Waals surface area (Å²) in [5.41, 5.74) is 1.02. The molecule has 2 rings (SSSR count). The highest BCUT2D eigenvalue weighted by Crippen LogP contribution is 2.16. The minimum atomic E-state index is -0.675. The number of ether oxygens (including phenoxy) is 1. The summed E-state index contributed by atoms with van der Waals surface area (Å²) in [6.07, 6.45) is 4.49. The van der Waals surface area contributed by atoms with E-state index in [9.17, 15) is 9.59 Å². The van der Waals surface area contributed by atoms with E-state index in [0.717, 1.165) is 11.1 Å². The molecule has 0 fully saturated rings. The number of aromatic amines is 1. The van der Waals surface area contributed by atoms with Gasteiger partial charge in [-0.1, -0.05) is 0 Å². The van der Waals surface area contributed by atoms with E-state index in [1.165, 1.54) is 6.20 Å². The molecule has 6 nitrogen and oxygen atoms in total. The van der Waals surface area contributed by atoms with Gasteiger partial charge in [0.15, 0.2) is 0 Å². The molecule has 2 aromatic heterocycles. The Kier molecular flexibility index (Phi) is 3.70. The van der Waals surface area contributed by atoms with Crippen LogP contribution in [0.15, 0.2) is 29.5 Å². The van der Waals surface area contributed by atoms with Crippen molar-refractivity contribution >= 4 is 5.97 Å². The van der Waals surface area contributed by atoms with Crippen LogP contribution in [0.5, 0.6) is 0 Å². The Bertz CT molecular complexity index is 664. The van der Waals surface area contributed by atoms with Gasteiger partial charge in [0.05, 0.1) is 6.61 Å². The van der Waals surface area contributed by atoms with Crippen LogP contribution >= 0.6 is 0 Å². The molecular weight excluding hydrogens is 246 g/mol. The number of nitrogens with one attached hydrogen (secondary N) is 1. The van der Waals surface area contributed by atoms with Crippen LogP contribution in [0.4, 0.5) is 0 Å². The minimum Gasteiger partial charge on any atom is -0.462 e. The van der Waals surface area contributed by atoms with Crippen molar-refractivity contribution in [3.8, 4) is 11.4 Å². The molecule has 6 heteroatoms. The first-order valence-corrected chi connectivity index (χ1v) is 5.81. The van der Waals surface area contributed by atoms with Gasteiger partial charge in [0.2, 0.25) is 0 Å². The van der Waals surface area contributed by atoms with Gasteiger partial charge in [-0.2, -0.15) is 0 Å². The lowest BCUT2D eigenvalue weighted by molar-refractivity contribution is 0.0524. The number of carbonyl (C=O) groups is 1. The molecule has 1 N–H and O–H groups in total. The number of rotatable bonds is 3. The van der Waals surface area contributed by atoms with Crippen LogP contribution in [-0.4, -0.2) is 27.5 Å². The van der Waals surface area contributed by atoms with Crippen molar-refractivity contribution in [2.75, 3.05) is 6.61 Å². The monoisotopic (exact) mass is 259 g/mol. The van der Waals surface area contributed by atoms with Crippen molar-refractivity contribution in [2.45, 2.75) is 13.8 Å². The average Bonchev–Trinajstić information content (AvgIpc) is 2.39. The topological polar surface area (TPSA) is 84.9 Å². The fourth-order valence-corrected chi connectivity index (χ4v) is 1.60. The van der Waals surface area contributed by atoms with Gasteiger partial charge in [-0.15, -0.1) is 0 Å². The Morgan fingerprint density at radius 3 is 2.84 bits per heavy atom. The first kappa shape index (κ1) is 12.9. The Hall–Kier alpha value is -2.50. The summed E-state index contributed by atoms with van der Waals surface area (Å²) in [6, 6.07) is 1.81. The van der Waals surface area contributed by atoms with E-state index < -0.39 is 11.5 Å². The maximum Gasteiger partial charge on any atom is 0.345 e. The molecule has 98 valence electrons. The van der Waals surface area contributed by atoms with Gasteiger partial charge in [-0.3, -0.25) is 9.78 Å². The Labute approximate surface area is 109 Å². The SMILES string of the molecule is CCOC(=O)c1cnc(-c2cnccc2C)[nH]c1=O. The quantitative estimate of drug-likeness (QED) is 0.840. The van der Waals surface area contributed by atoms with E-state index in [2.05, 4.69) is 15.0 Å². The van der Waals surface area contributed by atoms with Gasteiger partial charge in [0, 0.05) is 24.2 Å². The van der Waals surface area contributed by atoms with Crippen LogP contribution in [0.2, 0.25) is 0 Å². The van der Waals surface area contributed by atoms with Crippen LogP contribution in [0.1, 0.15) is 22.8 Å².